The predicted octanol–water partition coefficient (Wildman–Crippen LogP) is 2.26. The zero-order valence-electron chi connectivity index (χ0n) is 6.53. The van der Waals surface area contributed by atoms with Crippen molar-refractivity contribution in [2.24, 2.45) is 0 Å². The van der Waals surface area contributed by atoms with Crippen molar-refractivity contribution < 1.29 is 0 Å². The standard InChI is InChI=1S/C7H13BrN2/c1-7(2,3)10-5-4-6(8)9/h4-5,9-10H,1-3H3/b5-4-,9-6?. The Morgan fingerprint density at radius 2 is 2.00 bits per heavy atom. The first-order chi connectivity index (χ1) is 4.42. The normalized spacial score (nSPS) is 12.0. The largest absolute Gasteiger partial charge is 0.386 e. The molecule has 0 radical (unpaired) electrons. The number of halogens is 1. The molecule has 0 amide bonds. The van der Waals surface area contributed by atoms with Crippen molar-refractivity contribution in [3.05, 3.63) is 12.3 Å². The first-order valence-corrected chi connectivity index (χ1v) is 3.89. The van der Waals surface area contributed by atoms with Crippen molar-refractivity contribution in [2.45, 2.75) is 26.3 Å². The minimum atomic E-state index is 0.0823. The maximum atomic E-state index is 6.99. The summed E-state index contributed by atoms with van der Waals surface area (Å²) >= 11 is 3.00. The van der Waals surface area contributed by atoms with E-state index in [1.165, 1.54) is 0 Å². The average molecular weight is 205 g/mol. The van der Waals surface area contributed by atoms with Gasteiger partial charge in [-0.3, -0.25) is 5.41 Å². The molecule has 0 spiro atoms. The third kappa shape index (κ3) is 7.69. The van der Waals surface area contributed by atoms with Gasteiger partial charge in [-0.25, -0.2) is 0 Å². The summed E-state index contributed by atoms with van der Waals surface area (Å²) in [5.41, 5.74) is 0.0823. The Hall–Kier alpha value is -0.310. The van der Waals surface area contributed by atoms with Crippen LogP contribution in [-0.2, 0) is 0 Å². The van der Waals surface area contributed by atoms with Crippen molar-refractivity contribution in [3.8, 4) is 0 Å². The Balaban J connectivity index is 3.64. The molecule has 2 N–H and O–H groups in total. The number of rotatable bonds is 2. The number of nitrogens with one attached hydrogen (secondary N) is 2. The second-order valence-electron chi connectivity index (χ2n) is 3.08. The van der Waals surface area contributed by atoms with E-state index in [0.717, 1.165) is 0 Å². The second kappa shape index (κ2) is 3.76. The zero-order chi connectivity index (χ0) is 8.20. The third-order valence-electron chi connectivity index (χ3n) is 0.746. The van der Waals surface area contributed by atoms with Gasteiger partial charge in [0, 0.05) is 5.54 Å². The Morgan fingerprint density at radius 3 is 2.30 bits per heavy atom. The summed E-state index contributed by atoms with van der Waals surface area (Å²) in [6.07, 6.45) is 3.42. The molecule has 0 aromatic carbocycles. The maximum absolute atomic E-state index is 6.99. The van der Waals surface area contributed by atoms with E-state index in [4.69, 9.17) is 5.41 Å². The van der Waals surface area contributed by atoms with Crippen LogP contribution in [0.15, 0.2) is 12.3 Å². The lowest BCUT2D eigenvalue weighted by Crippen LogP contribution is -2.31. The van der Waals surface area contributed by atoms with Gasteiger partial charge in [0.05, 0.1) is 4.62 Å². The van der Waals surface area contributed by atoms with Crippen LogP contribution in [0.1, 0.15) is 20.8 Å². The molecule has 2 nitrogen and oxygen atoms in total. The van der Waals surface area contributed by atoms with Gasteiger partial charge in [0.2, 0.25) is 0 Å². The van der Waals surface area contributed by atoms with E-state index in [1.54, 1.807) is 12.3 Å². The molecule has 10 heavy (non-hydrogen) atoms. The predicted molar refractivity (Wildman–Crippen MR) is 48.7 cm³/mol. The summed E-state index contributed by atoms with van der Waals surface area (Å²) in [7, 11) is 0. The molecule has 0 aromatic heterocycles. The second-order valence-corrected chi connectivity index (χ2v) is 3.93. The molecule has 0 atom stereocenters. The molecular formula is C7H13BrN2. The van der Waals surface area contributed by atoms with Gasteiger partial charge in [0.15, 0.2) is 0 Å². The Morgan fingerprint density at radius 1 is 1.50 bits per heavy atom. The molecule has 0 bridgehead atoms. The fourth-order valence-electron chi connectivity index (χ4n) is 0.365. The van der Waals surface area contributed by atoms with Crippen LogP contribution < -0.4 is 5.32 Å². The van der Waals surface area contributed by atoms with Gasteiger partial charge >= 0.3 is 0 Å². The van der Waals surface area contributed by atoms with E-state index in [-0.39, 0.29) is 5.54 Å². The van der Waals surface area contributed by atoms with Crippen molar-refractivity contribution in [3.63, 3.8) is 0 Å². The van der Waals surface area contributed by atoms with Crippen LogP contribution in [0.25, 0.3) is 0 Å². The van der Waals surface area contributed by atoms with Gasteiger partial charge in [-0.1, -0.05) is 0 Å². The molecule has 0 rings (SSSR count). The van der Waals surface area contributed by atoms with Crippen LogP contribution >= 0.6 is 15.9 Å². The summed E-state index contributed by atoms with van der Waals surface area (Å²) in [4.78, 5) is 0. The molecule has 0 aliphatic rings. The lowest BCUT2D eigenvalue weighted by Gasteiger charge is -2.18. The average Bonchev–Trinajstić information content (AvgIpc) is 1.59. The molecule has 3 heteroatoms. The highest BCUT2D eigenvalue weighted by Gasteiger charge is 2.03. The van der Waals surface area contributed by atoms with E-state index in [1.807, 2.05) is 0 Å². The monoisotopic (exact) mass is 204 g/mol. The van der Waals surface area contributed by atoms with Gasteiger partial charge in [-0.15, -0.1) is 0 Å². The molecule has 58 valence electrons. The molecule has 0 fully saturated rings. The zero-order valence-corrected chi connectivity index (χ0v) is 8.12. The van der Waals surface area contributed by atoms with Gasteiger partial charge in [0.25, 0.3) is 0 Å². The van der Waals surface area contributed by atoms with E-state index < -0.39 is 0 Å². The quantitative estimate of drug-likeness (QED) is 0.666. The summed E-state index contributed by atoms with van der Waals surface area (Å²) < 4.78 is 0.379. The molecule has 0 aromatic rings. The Labute approximate surface area is 70.3 Å². The molecule has 0 aliphatic carbocycles. The first kappa shape index (κ1) is 9.69. The summed E-state index contributed by atoms with van der Waals surface area (Å²) in [6.45, 7) is 6.19. The van der Waals surface area contributed by atoms with Crippen LogP contribution in [-0.4, -0.2) is 10.2 Å². The fraction of sp³-hybridized carbons (Fsp3) is 0.571. The van der Waals surface area contributed by atoms with E-state index >= 15 is 0 Å². The molecule has 0 heterocycles. The topological polar surface area (TPSA) is 35.9 Å². The minimum absolute atomic E-state index is 0.0823. The van der Waals surface area contributed by atoms with Crippen LogP contribution in [0, 0.1) is 5.41 Å². The van der Waals surface area contributed by atoms with Crippen LogP contribution in [0.4, 0.5) is 0 Å². The summed E-state index contributed by atoms with van der Waals surface area (Å²) in [5, 5.41) is 10.1. The Kier molecular flexibility index (Phi) is 3.64. The molecular weight excluding hydrogens is 192 g/mol. The summed E-state index contributed by atoms with van der Waals surface area (Å²) in [6, 6.07) is 0. The van der Waals surface area contributed by atoms with E-state index in [2.05, 4.69) is 42.0 Å². The number of hydrogen-bond donors (Lipinski definition) is 2. The van der Waals surface area contributed by atoms with E-state index in [0.29, 0.717) is 4.62 Å². The summed E-state index contributed by atoms with van der Waals surface area (Å²) in [5.74, 6) is 0. The number of allylic oxidation sites excluding steroid dienone is 1. The lowest BCUT2D eigenvalue weighted by molar-refractivity contribution is 0.491. The molecule has 0 aliphatic heterocycles. The maximum Gasteiger partial charge on any atom is 0.0981 e. The van der Waals surface area contributed by atoms with Gasteiger partial charge < -0.3 is 5.32 Å². The molecule has 0 unspecified atom stereocenters. The third-order valence-corrected chi connectivity index (χ3v) is 1.01. The number of hydrogen-bond acceptors (Lipinski definition) is 2. The van der Waals surface area contributed by atoms with Crippen molar-refractivity contribution >= 4 is 20.6 Å². The Bertz CT molecular complexity index is 144. The van der Waals surface area contributed by atoms with Crippen LogP contribution in [0.5, 0.6) is 0 Å². The van der Waals surface area contributed by atoms with Crippen LogP contribution in [0.2, 0.25) is 0 Å². The first-order valence-electron chi connectivity index (χ1n) is 3.10. The molecule has 0 saturated heterocycles. The van der Waals surface area contributed by atoms with Gasteiger partial charge in [0.1, 0.15) is 0 Å². The van der Waals surface area contributed by atoms with Gasteiger partial charge in [-0.05, 0) is 49.0 Å². The molecule has 0 saturated carbocycles. The minimum Gasteiger partial charge on any atom is -0.386 e. The highest BCUT2D eigenvalue weighted by molar-refractivity contribution is 9.18. The highest BCUT2D eigenvalue weighted by atomic mass is 79.9. The van der Waals surface area contributed by atoms with E-state index in [9.17, 15) is 0 Å². The lowest BCUT2D eigenvalue weighted by atomic mass is 10.1. The fourth-order valence-corrected chi connectivity index (χ4v) is 0.497. The van der Waals surface area contributed by atoms with Crippen molar-refractivity contribution in [2.75, 3.05) is 0 Å². The highest BCUT2D eigenvalue weighted by Crippen LogP contribution is 1.97. The SMILES string of the molecule is CC(C)(C)N/C=C\C(=N)Br. The van der Waals surface area contributed by atoms with Crippen molar-refractivity contribution in [1.29, 1.82) is 5.41 Å². The van der Waals surface area contributed by atoms with Crippen molar-refractivity contribution in [1.82, 2.24) is 5.32 Å². The van der Waals surface area contributed by atoms with Crippen LogP contribution in [0.3, 0.4) is 0 Å². The smallest absolute Gasteiger partial charge is 0.0981 e. The van der Waals surface area contributed by atoms with Gasteiger partial charge in [-0.2, -0.15) is 0 Å².